The molecule has 0 amide bonds. The van der Waals surface area contributed by atoms with E-state index in [1.165, 1.54) is 0 Å². The molecular weight excluding hydrogens is 294 g/mol. The molecule has 1 unspecified atom stereocenters. The number of rotatable bonds is 4. The smallest absolute Gasteiger partial charge is 0.174 e. The van der Waals surface area contributed by atoms with Gasteiger partial charge in [-0.1, -0.05) is 18.2 Å². The van der Waals surface area contributed by atoms with Gasteiger partial charge in [-0.3, -0.25) is 0 Å². The van der Waals surface area contributed by atoms with Crippen LogP contribution in [0.2, 0.25) is 0 Å². The van der Waals surface area contributed by atoms with E-state index >= 15 is 0 Å². The second-order valence-electron chi connectivity index (χ2n) is 4.33. The first-order chi connectivity index (χ1) is 8.59. The Balaban J connectivity index is 2.36. The highest BCUT2D eigenvalue weighted by atomic mass is 79.9. The predicted octanol–water partition coefficient (Wildman–Crippen LogP) is 3.88. The highest BCUT2D eigenvalue weighted by Gasteiger charge is 2.18. The van der Waals surface area contributed by atoms with Gasteiger partial charge in [0.05, 0.1) is 18.4 Å². The standard InChI is InChI=1S/C14H16BrNO2/c1-9(2)18-12-6-4-3-5-10(12)13(16)11-7-8-17-14(11)15/h3-9,13H,16H2,1-2H3. The van der Waals surface area contributed by atoms with Gasteiger partial charge in [-0.2, -0.15) is 0 Å². The van der Waals surface area contributed by atoms with Gasteiger partial charge in [-0.05, 0) is 41.9 Å². The minimum atomic E-state index is -0.270. The van der Waals surface area contributed by atoms with E-state index in [0.29, 0.717) is 4.67 Å². The van der Waals surface area contributed by atoms with Crippen molar-refractivity contribution in [1.82, 2.24) is 0 Å². The zero-order valence-electron chi connectivity index (χ0n) is 10.4. The Hall–Kier alpha value is -1.26. The molecular formula is C14H16BrNO2. The minimum Gasteiger partial charge on any atom is -0.491 e. The summed E-state index contributed by atoms with van der Waals surface area (Å²) in [6.45, 7) is 3.99. The first kappa shape index (κ1) is 13.2. The Labute approximate surface area is 115 Å². The maximum atomic E-state index is 6.27. The van der Waals surface area contributed by atoms with Crippen LogP contribution >= 0.6 is 15.9 Å². The topological polar surface area (TPSA) is 48.4 Å². The van der Waals surface area contributed by atoms with Crippen molar-refractivity contribution < 1.29 is 9.15 Å². The third-order valence-electron chi connectivity index (χ3n) is 2.60. The van der Waals surface area contributed by atoms with Crippen LogP contribution in [0.5, 0.6) is 5.75 Å². The largest absolute Gasteiger partial charge is 0.491 e. The number of furan rings is 1. The van der Waals surface area contributed by atoms with E-state index in [1.54, 1.807) is 6.26 Å². The minimum absolute atomic E-state index is 0.117. The maximum absolute atomic E-state index is 6.27. The molecule has 0 aliphatic rings. The molecule has 3 nitrogen and oxygen atoms in total. The van der Waals surface area contributed by atoms with E-state index in [2.05, 4.69) is 15.9 Å². The average Bonchev–Trinajstić information content (AvgIpc) is 2.74. The molecule has 0 bridgehead atoms. The first-order valence-corrected chi connectivity index (χ1v) is 6.63. The van der Waals surface area contributed by atoms with Gasteiger partial charge in [0.1, 0.15) is 5.75 Å². The molecule has 2 N–H and O–H groups in total. The molecule has 96 valence electrons. The van der Waals surface area contributed by atoms with Crippen molar-refractivity contribution in [2.24, 2.45) is 5.73 Å². The Morgan fingerprint density at radius 1 is 1.17 bits per heavy atom. The molecule has 0 fully saturated rings. The first-order valence-electron chi connectivity index (χ1n) is 5.83. The lowest BCUT2D eigenvalue weighted by Crippen LogP contribution is -2.15. The van der Waals surface area contributed by atoms with Crippen LogP contribution in [0.15, 0.2) is 45.7 Å². The summed E-state index contributed by atoms with van der Waals surface area (Å²) in [5.74, 6) is 0.813. The summed E-state index contributed by atoms with van der Waals surface area (Å²) in [7, 11) is 0. The number of halogens is 1. The molecule has 1 aromatic carbocycles. The van der Waals surface area contributed by atoms with Gasteiger partial charge in [-0.15, -0.1) is 0 Å². The monoisotopic (exact) mass is 309 g/mol. The third-order valence-corrected chi connectivity index (χ3v) is 3.24. The summed E-state index contributed by atoms with van der Waals surface area (Å²) in [6.07, 6.45) is 1.73. The van der Waals surface area contributed by atoms with E-state index in [-0.39, 0.29) is 12.1 Å². The van der Waals surface area contributed by atoms with E-state index in [4.69, 9.17) is 14.9 Å². The van der Waals surface area contributed by atoms with Crippen LogP contribution in [0, 0.1) is 0 Å². The normalized spacial score (nSPS) is 12.7. The summed E-state index contributed by atoms with van der Waals surface area (Å²) in [5.41, 5.74) is 8.13. The lowest BCUT2D eigenvalue weighted by atomic mass is 10.0. The second-order valence-corrected chi connectivity index (χ2v) is 5.05. The van der Waals surface area contributed by atoms with Crippen molar-refractivity contribution in [3.63, 3.8) is 0 Å². The zero-order chi connectivity index (χ0) is 13.1. The fourth-order valence-electron chi connectivity index (χ4n) is 1.79. The highest BCUT2D eigenvalue weighted by molar-refractivity contribution is 9.10. The number of hydrogen-bond acceptors (Lipinski definition) is 3. The van der Waals surface area contributed by atoms with Gasteiger partial charge >= 0.3 is 0 Å². The van der Waals surface area contributed by atoms with Crippen molar-refractivity contribution in [2.45, 2.75) is 26.0 Å². The molecule has 18 heavy (non-hydrogen) atoms. The van der Waals surface area contributed by atoms with Gasteiger partial charge < -0.3 is 14.9 Å². The number of hydrogen-bond donors (Lipinski definition) is 1. The Bertz CT molecular complexity index is 522. The second kappa shape index (κ2) is 5.59. The lowest BCUT2D eigenvalue weighted by molar-refractivity contribution is 0.239. The third kappa shape index (κ3) is 2.76. The molecule has 2 rings (SSSR count). The van der Waals surface area contributed by atoms with Crippen LogP contribution in [0.3, 0.4) is 0 Å². The fourth-order valence-corrected chi connectivity index (χ4v) is 2.28. The van der Waals surface area contributed by atoms with Gasteiger partial charge in [-0.25, -0.2) is 0 Å². The SMILES string of the molecule is CC(C)Oc1ccccc1C(N)c1ccoc1Br. The average molecular weight is 310 g/mol. The maximum Gasteiger partial charge on any atom is 0.174 e. The molecule has 0 saturated carbocycles. The van der Waals surface area contributed by atoms with Crippen LogP contribution in [0.1, 0.15) is 31.0 Å². The van der Waals surface area contributed by atoms with Crippen LogP contribution in [0.4, 0.5) is 0 Å². The van der Waals surface area contributed by atoms with Crippen molar-refractivity contribution in [3.8, 4) is 5.75 Å². The van der Waals surface area contributed by atoms with Crippen LogP contribution in [-0.2, 0) is 0 Å². The van der Waals surface area contributed by atoms with Crippen LogP contribution in [-0.4, -0.2) is 6.10 Å². The van der Waals surface area contributed by atoms with Crippen molar-refractivity contribution in [3.05, 3.63) is 52.4 Å². The van der Waals surface area contributed by atoms with Gasteiger partial charge in [0.15, 0.2) is 4.67 Å². The molecule has 1 atom stereocenters. The Morgan fingerprint density at radius 2 is 1.89 bits per heavy atom. The molecule has 2 aromatic rings. The lowest BCUT2D eigenvalue weighted by Gasteiger charge is -2.18. The molecule has 0 spiro atoms. The summed E-state index contributed by atoms with van der Waals surface area (Å²) >= 11 is 3.35. The Morgan fingerprint density at radius 3 is 2.50 bits per heavy atom. The molecule has 1 aromatic heterocycles. The van der Waals surface area contributed by atoms with Crippen LogP contribution < -0.4 is 10.5 Å². The molecule has 4 heteroatoms. The van der Waals surface area contributed by atoms with Crippen molar-refractivity contribution in [1.29, 1.82) is 0 Å². The molecule has 0 radical (unpaired) electrons. The van der Waals surface area contributed by atoms with Crippen molar-refractivity contribution >= 4 is 15.9 Å². The van der Waals surface area contributed by atoms with E-state index in [0.717, 1.165) is 16.9 Å². The summed E-state index contributed by atoms with van der Waals surface area (Å²) in [6, 6.07) is 9.40. The molecule has 0 aliphatic carbocycles. The van der Waals surface area contributed by atoms with Crippen LogP contribution in [0.25, 0.3) is 0 Å². The van der Waals surface area contributed by atoms with E-state index in [9.17, 15) is 0 Å². The summed E-state index contributed by atoms with van der Waals surface area (Å²) in [4.78, 5) is 0. The summed E-state index contributed by atoms with van der Waals surface area (Å²) in [5, 5.41) is 0. The highest BCUT2D eigenvalue weighted by Crippen LogP contribution is 2.32. The van der Waals surface area contributed by atoms with Gasteiger partial charge in [0.25, 0.3) is 0 Å². The predicted molar refractivity (Wildman–Crippen MR) is 74.6 cm³/mol. The number of para-hydroxylation sites is 1. The zero-order valence-corrected chi connectivity index (χ0v) is 12.0. The van der Waals surface area contributed by atoms with E-state index < -0.39 is 0 Å². The van der Waals surface area contributed by atoms with Gasteiger partial charge in [0.2, 0.25) is 0 Å². The molecule has 1 heterocycles. The Kier molecular flexibility index (Phi) is 4.09. The molecule has 0 saturated heterocycles. The molecule has 0 aliphatic heterocycles. The fraction of sp³-hybridized carbons (Fsp3) is 0.286. The van der Waals surface area contributed by atoms with Gasteiger partial charge in [0, 0.05) is 11.1 Å². The van der Waals surface area contributed by atoms with E-state index in [1.807, 2.05) is 44.2 Å². The summed E-state index contributed by atoms with van der Waals surface area (Å²) < 4.78 is 11.7. The number of ether oxygens (including phenoxy) is 1. The number of nitrogens with two attached hydrogens (primary N) is 1. The van der Waals surface area contributed by atoms with Crippen molar-refractivity contribution in [2.75, 3.05) is 0 Å². The number of benzene rings is 1. The quantitative estimate of drug-likeness (QED) is 0.932.